The molecule has 0 unspecified atom stereocenters. The van der Waals surface area contributed by atoms with Gasteiger partial charge < -0.3 is 14.6 Å². The lowest BCUT2D eigenvalue weighted by molar-refractivity contribution is -0.308. The van der Waals surface area contributed by atoms with Crippen molar-refractivity contribution >= 4 is 12.1 Å². The smallest absolute Gasteiger partial charge is 0.410 e. The molecule has 0 aliphatic carbocycles. The van der Waals surface area contributed by atoms with Crippen molar-refractivity contribution in [3.63, 3.8) is 0 Å². The van der Waals surface area contributed by atoms with Crippen LogP contribution in [0.1, 0.15) is 27.2 Å². The number of amides is 1. The zero-order valence-corrected chi connectivity index (χ0v) is 10.4. The molecule has 0 bridgehead atoms. The number of carbonyl (C=O) groups is 2. The zero-order valence-electron chi connectivity index (χ0n) is 10.4. The van der Waals surface area contributed by atoms with E-state index in [4.69, 9.17) is 4.74 Å². The van der Waals surface area contributed by atoms with Crippen LogP contribution in [0, 0.1) is 5.41 Å². The Morgan fingerprint density at radius 1 is 1.47 bits per heavy atom. The van der Waals surface area contributed by atoms with Gasteiger partial charge in [0.2, 0.25) is 0 Å². The molecule has 1 amide bonds. The van der Waals surface area contributed by atoms with Crippen LogP contribution in [-0.2, 0) is 9.53 Å². The van der Waals surface area contributed by atoms with Crippen molar-refractivity contribution in [3.05, 3.63) is 12.2 Å². The Labute approximate surface area is 101 Å². The van der Waals surface area contributed by atoms with Crippen LogP contribution in [0.15, 0.2) is 12.2 Å². The fourth-order valence-electron chi connectivity index (χ4n) is 1.44. The maximum absolute atomic E-state index is 11.6. The zero-order chi connectivity index (χ0) is 13.1. The second kappa shape index (κ2) is 5.21. The molecule has 0 saturated carbocycles. The van der Waals surface area contributed by atoms with Crippen molar-refractivity contribution in [2.24, 2.45) is 5.41 Å². The SMILES string of the molecule is CC(C)(C)CCOC(=O)N1CC=C[C@H]1C(=O)[O-]. The molecule has 0 aromatic rings. The minimum Gasteiger partial charge on any atom is -0.548 e. The van der Waals surface area contributed by atoms with Gasteiger partial charge in [-0.3, -0.25) is 4.90 Å². The van der Waals surface area contributed by atoms with Gasteiger partial charge in [0.15, 0.2) is 0 Å². The monoisotopic (exact) mass is 240 g/mol. The lowest BCUT2D eigenvalue weighted by Gasteiger charge is -2.25. The summed E-state index contributed by atoms with van der Waals surface area (Å²) in [6.07, 6.45) is 3.18. The number of nitrogens with zero attached hydrogens (tertiary/aromatic N) is 1. The van der Waals surface area contributed by atoms with E-state index in [1.165, 1.54) is 6.08 Å². The van der Waals surface area contributed by atoms with Crippen LogP contribution in [0.5, 0.6) is 0 Å². The van der Waals surface area contributed by atoms with E-state index in [-0.39, 0.29) is 12.0 Å². The van der Waals surface area contributed by atoms with E-state index in [1.807, 2.05) is 20.8 Å². The molecule has 17 heavy (non-hydrogen) atoms. The minimum atomic E-state index is -1.29. The van der Waals surface area contributed by atoms with Gasteiger partial charge in [-0.2, -0.15) is 0 Å². The lowest BCUT2D eigenvalue weighted by atomic mass is 9.93. The highest BCUT2D eigenvalue weighted by Crippen LogP contribution is 2.18. The van der Waals surface area contributed by atoms with Crippen LogP contribution >= 0.6 is 0 Å². The summed E-state index contributed by atoms with van der Waals surface area (Å²) in [5.41, 5.74) is 0.0806. The van der Waals surface area contributed by atoms with E-state index in [1.54, 1.807) is 6.08 Å². The second-order valence-corrected chi connectivity index (χ2v) is 5.27. The predicted octanol–water partition coefficient (Wildman–Crippen LogP) is 0.550. The Hall–Kier alpha value is -1.52. The second-order valence-electron chi connectivity index (χ2n) is 5.27. The molecule has 0 fully saturated rings. The quantitative estimate of drug-likeness (QED) is 0.675. The molecule has 0 radical (unpaired) electrons. The first kappa shape index (κ1) is 13.5. The molecule has 0 spiro atoms. The van der Waals surface area contributed by atoms with E-state index < -0.39 is 18.1 Å². The number of aliphatic carboxylic acids is 1. The Bertz CT molecular complexity index is 330. The molecule has 96 valence electrons. The van der Waals surface area contributed by atoms with Gasteiger partial charge in [-0.05, 0) is 11.8 Å². The summed E-state index contributed by atoms with van der Waals surface area (Å²) in [6, 6.07) is -1.00. The maximum Gasteiger partial charge on any atom is 0.410 e. The van der Waals surface area contributed by atoms with Crippen molar-refractivity contribution in [2.45, 2.75) is 33.2 Å². The van der Waals surface area contributed by atoms with Crippen molar-refractivity contribution in [3.8, 4) is 0 Å². The summed E-state index contributed by atoms with van der Waals surface area (Å²) in [6.45, 7) is 6.68. The van der Waals surface area contributed by atoms with Crippen molar-refractivity contribution < 1.29 is 19.4 Å². The van der Waals surface area contributed by atoms with Gasteiger partial charge in [-0.25, -0.2) is 4.79 Å². The van der Waals surface area contributed by atoms with Crippen LogP contribution in [0.3, 0.4) is 0 Å². The molecule has 5 nitrogen and oxygen atoms in total. The normalized spacial score (nSPS) is 19.5. The fraction of sp³-hybridized carbons (Fsp3) is 0.667. The van der Waals surface area contributed by atoms with Crippen molar-refractivity contribution in [2.75, 3.05) is 13.2 Å². The Morgan fingerprint density at radius 3 is 2.65 bits per heavy atom. The lowest BCUT2D eigenvalue weighted by Crippen LogP contribution is -2.47. The average molecular weight is 240 g/mol. The molecular weight excluding hydrogens is 222 g/mol. The number of hydrogen-bond acceptors (Lipinski definition) is 4. The Kier molecular flexibility index (Phi) is 4.15. The standard InChI is InChI=1S/C12H19NO4/c1-12(2,3)6-8-17-11(16)13-7-4-5-9(13)10(14)15/h4-5,9H,6-8H2,1-3H3,(H,14,15)/p-1/t9-/m0/s1. The number of rotatable bonds is 3. The molecule has 1 aliphatic rings. The van der Waals surface area contributed by atoms with Crippen molar-refractivity contribution in [1.29, 1.82) is 0 Å². The third-order valence-electron chi connectivity index (χ3n) is 2.51. The van der Waals surface area contributed by atoms with E-state index in [2.05, 4.69) is 0 Å². The first-order valence-electron chi connectivity index (χ1n) is 5.62. The number of hydrogen-bond donors (Lipinski definition) is 0. The number of carbonyl (C=O) groups excluding carboxylic acids is 2. The summed E-state index contributed by atoms with van der Waals surface area (Å²) in [7, 11) is 0. The van der Waals surface area contributed by atoms with Gasteiger partial charge in [0.25, 0.3) is 0 Å². The average Bonchev–Trinajstić information content (AvgIpc) is 2.63. The third-order valence-corrected chi connectivity index (χ3v) is 2.51. The van der Waals surface area contributed by atoms with E-state index in [0.29, 0.717) is 6.61 Å². The Morgan fingerprint density at radius 2 is 2.12 bits per heavy atom. The highest BCUT2D eigenvalue weighted by molar-refractivity contribution is 5.81. The van der Waals surface area contributed by atoms with Crippen LogP contribution < -0.4 is 5.11 Å². The van der Waals surface area contributed by atoms with E-state index in [9.17, 15) is 14.7 Å². The summed E-state index contributed by atoms with van der Waals surface area (Å²) in [4.78, 5) is 23.5. The fourth-order valence-corrected chi connectivity index (χ4v) is 1.44. The van der Waals surface area contributed by atoms with Crippen LogP contribution in [0.25, 0.3) is 0 Å². The summed E-state index contributed by atoms with van der Waals surface area (Å²) < 4.78 is 5.04. The molecule has 1 rings (SSSR count). The molecule has 1 atom stereocenters. The Balaban J connectivity index is 2.41. The van der Waals surface area contributed by atoms with E-state index >= 15 is 0 Å². The number of carboxylic acids is 1. The van der Waals surface area contributed by atoms with Gasteiger partial charge in [0.1, 0.15) is 0 Å². The van der Waals surface area contributed by atoms with Gasteiger partial charge >= 0.3 is 6.09 Å². The molecule has 1 aliphatic heterocycles. The van der Waals surface area contributed by atoms with Crippen LogP contribution in [0.4, 0.5) is 4.79 Å². The van der Waals surface area contributed by atoms with E-state index in [0.717, 1.165) is 11.3 Å². The van der Waals surface area contributed by atoms with Gasteiger partial charge in [0.05, 0.1) is 18.6 Å². The molecular formula is C12H18NO4-. The van der Waals surface area contributed by atoms with Crippen LogP contribution in [0.2, 0.25) is 0 Å². The molecule has 0 aromatic carbocycles. The first-order chi connectivity index (χ1) is 7.81. The number of carboxylic acid groups (broad SMARTS) is 1. The predicted molar refractivity (Wildman–Crippen MR) is 60.1 cm³/mol. The topological polar surface area (TPSA) is 69.7 Å². The largest absolute Gasteiger partial charge is 0.548 e. The van der Waals surface area contributed by atoms with Crippen LogP contribution in [-0.4, -0.2) is 36.2 Å². The molecule has 0 saturated heterocycles. The van der Waals surface area contributed by atoms with Gasteiger partial charge in [-0.15, -0.1) is 0 Å². The van der Waals surface area contributed by atoms with Gasteiger partial charge in [-0.1, -0.05) is 32.9 Å². The summed E-state index contributed by atoms with van der Waals surface area (Å²) >= 11 is 0. The third kappa shape index (κ3) is 4.09. The van der Waals surface area contributed by atoms with Crippen molar-refractivity contribution in [1.82, 2.24) is 4.90 Å². The molecule has 0 aromatic heterocycles. The summed E-state index contributed by atoms with van der Waals surface area (Å²) in [5.74, 6) is -1.29. The maximum atomic E-state index is 11.6. The highest BCUT2D eigenvalue weighted by Gasteiger charge is 2.27. The highest BCUT2D eigenvalue weighted by atomic mass is 16.6. The van der Waals surface area contributed by atoms with Gasteiger partial charge in [0, 0.05) is 6.54 Å². The first-order valence-corrected chi connectivity index (χ1v) is 5.62. The minimum absolute atomic E-state index is 0.0806. The molecule has 0 N–H and O–H groups in total. The summed E-state index contributed by atoms with van der Waals surface area (Å²) in [5, 5.41) is 10.7. The molecule has 5 heteroatoms. The number of ether oxygens (including phenoxy) is 1. The molecule has 1 heterocycles.